The molecule has 130 valence electrons. The zero-order valence-electron chi connectivity index (χ0n) is 14.1. The zero-order chi connectivity index (χ0) is 16.8. The number of rotatable bonds is 7. The van der Waals surface area contributed by atoms with Gasteiger partial charge in [0, 0.05) is 33.0 Å². The Morgan fingerprint density at radius 1 is 1.29 bits per heavy atom. The highest BCUT2D eigenvalue weighted by Gasteiger charge is 2.23. The molecule has 3 rings (SSSR count). The fourth-order valence-electron chi connectivity index (χ4n) is 2.97. The number of piperidine rings is 1. The maximum atomic E-state index is 12.4. The number of aryl methyl sites for hydroxylation is 1. The van der Waals surface area contributed by atoms with E-state index in [0.717, 1.165) is 42.9 Å². The number of hydrogen-bond donors (Lipinski definition) is 0. The van der Waals surface area contributed by atoms with E-state index in [0.29, 0.717) is 19.6 Å². The van der Waals surface area contributed by atoms with Gasteiger partial charge in [-0.15, -0.1) is 11.3 Å². The Kier molecular flexibility index (Phi) is 6.18. The molecule has 1 fully saturated rings. The molecule has 5 nitrogen and oxygen atoms in total. The predicted molar refractivity (Wildman–Crippen MR) is 95.4 cm³/mol. The molecule has 1 aromatic carbocycles. The zero-order valence-corrected chi connectivity index (χ0v) is 14.9. The lowest BCUT2D eigenvalue weighted by atomic mass is 10.1. The van der Waals surface area contributed by atoms with E-state index in [1.165, 1.54) is 4.70 Å². The fraction of sp³-hybridized carbons (Fsp3) is 0.556. The quantitative estimate of drug-likeness (QED) is 0.722. The van der Waals surface area contributed by atoms with E-state index in [1.807, 2.05) is 23.1 Å². The average Bonchev–Trinajstić information content (AvgIpc) is 3.03. The van der Waals surface area contributed by atoms with Gasteiger partial charge in [-0.3, -0.25) is 4.79 Å². The largest absolute Gasteiger partial charge is 0.382 e. The van der Waals surface area contributed by atoms with Crippen LogP contribution in [0.25, 0.3) is 10.2 Å². The van der Waals surface area contributed by atoms with Gasteiger partial charge in [0.15, 0.2) is 0 Å². The molecule has 0 spiro atoms. The molecule has 0 saturated carbocycles. The van der Waals surface area contributed by atoms with E-state index in [1.54, 1.807) is 18.4 Å². The summed E-state index contributed by atoms with van der Waals surface area (Å²) >= 11 is 1.68. The first-order valence-corrected chi connectivity index (χ1v) is 9.30. The second-order valence-electron chi connectivity index (χ2n) is 6.02. The average molecular weight is 348 g/mol. The molecule has 1 amide bonds. The molecule has 0 N–H and O–H groups in total. The highest BCUT2D eigenvalue weighted by Crippen LogP contribution is 2.23. The third-order valence-electron chi connectivity index (χ3n) is 4.33. The third kappa shape index (κ3) is 4.53. The molecule has 2 heterocycles. The maximum Gasteiger partial charge on any atom is 0.222 e. The number of para-hydroxylation sites is 1. The highest BCUT2D eigenvalue weighted by molar-refractivity contribution is 7.18. The van der Waals surface area contributed by atoms with Crippen LogP contribution in [0.2, 0.25) is 0 Å². The van der Waals surface area contributed by atoms with Crippen LogP contribution >= 0.6 is 11.3 Å². The van der Waals surface area contributed by atoms with Crippen LogP contribution in [0.4, 0.5) is 0 Å². The van der Waals surface area contributed by atoms with Crippen LogP contribution in [0.5, 0.6) is 0 Å². The van der Waals surface area contributed by atoms with Gasteiger partial charge in [-0.2, -0.15) is 0 Å². The summed E-state index contributed by atoms with van der Waals surface area (Å²) in [6, 6.07) is 8.11. The molecule has 1 aliphatic heterocycles. The second kappa shape index (κ2) is 8.55. The van der Waals surface area contributed by atoms with Crippen molar-refractivity contribution in [2.45, 2.75) is 31.8 Å². The first kappa shape index (κ1) is 17.3. The number of aromatic nitrogens is 1. The number of methoxy groups -OCH3 is 1. The van der Waals surface area contributed by atoms with E-state index in [-0.39, 0.29) is 12.0 Å². The van der Waals surface area contributed by atoms with Gasteiger partial charge in [-0.1, -0.05) is 12.1 Å². The summed E-state index contributed by atoms with van der Waals surface area (Å²) < 4.78 is 11.9. The normalized spacial score (nSPS) is 16.0. The Hall–Kier alpha value is -1.50. The Morgan fingerprint density at radius 2 is 2.08 bits per heavy atom. The summed E-state index contributed by atoms with van der Waals surface area (Å²) in [7, 11) is 1.68. The van der Waals surface area contributed by atoms with Crippen LogP contribution in [0.3, 0.4) is 0 Å². The summed E-state index contributed by atoms with van der Waals surface area (Å²) in [4.78, 5) is 19.0. The summed E-state index contributed by atoms with van der Waals surface area (Å²) in [6.45, 7) is 2.83. The van der Waals surface area contributed by atoms with Gasteiger partial charge in [-0.05, 0) is 25.0 Å². The van der Waals surface area contributed by atoms with Gasteiger partial charge in [0.2, 0.25) is 5.91 Å². The molecule has 1 aliphatic rings. The number of fused-ring (bicyclic) bond motifs is 1. The van der Waals surface area contributed by atoms with E-state index in [9.17, 15) is 4.79 Å². The SMILES string of the molecule is COCCOC1CCN(C(=O)CCc2nc3ccccc3s2)CC1. The number of thiazole rings is 1. The number of hydrogen-bond acceptors (Lipinski definition) is 5. The standard InChI is InChI=1S/C18H24N2O3S/c1-22-12-13-23-14-8-10-20(11-9-14)18(21)7-6-17-19-15-4-2-3-5-16(15)24-17/h2-5,14H,6-13H2,1H3. The maximum absolute atomic E-state index is 12.4. The number of nitrogens with zero attached hydrogens (tertiary/aromatic N) is 2. The minimum Gasteiger partial charge on any atom is -0.382 e. The van der Waals surface area contributed by atoms with Crippen molar-refractivity contribution in [3.05, 3.63) is 29.3 Å². The van der Waals surface area contributed by atoms with Crippen molar-refractivity contribution in [2.75, 3.05) is 33.4 Å². The minimum atomic E-state index is 0.226. The minimum absolute atomic E-state index is 0.226. The van der Waals surface area contributed by atoms with Crippen molar-refractivity contribution in [1.82, 2.24) is 9.88 Å². The lowest BCUT2D eigenvalue weighted by Gasteiger charge is -2.32. The number of carbonyl (C=O) groups is 1. The second-order valence-corrected chi connectivity index (χ2v) is 7.13. The molecule has 0 radical (unpaired) electrons. The topological polar surface area (TPSA) is 51.7 Å². The van der Waals surface area contributed by atoms with Crippen molar-refractivity contribution in [2.24, 2.45) is 0 Å². The van der Waals surface area contributed by atoms with Crippen LogP contribution in [0.15, 0.2) is 24.3 Å². The lowest BCUT2D eigenvalue weighted by molar-refractivity contribution is -0.134. The first-order chi connectivity index (χ1) is 11.8. The van der Waals surface area contributed by atoms with Crippen molar-refractivity contribution >= 4 is 27.5 Å². The van der Waals surface area contributed by atoms with Crippen molar-refractivity contribution in [1.29, 1.82) is 0 Å². The monoisotopic (exact) mass is 348 g/mol. The lowest BCUT2D eigenvalue weighted by Crippen LogP contribution is -2.41. The summed E-state index contributed by atoms with van der Waals surface area (Å²) in [5.41, 5.74) is 1.03. The van der Waals surface area contributed by atoms with Crippen LogP contribution in [-0.2, 0) is 20.7 Å². The van der Waals surface area contributed by atoms with E-state index in [4.69, 9.17) is 9.47 Å². The van der Waals surface area contributed by atoms with Crippen LogP contribution in [0, 0.1) is 0 Å². The van der Waals surface area contributed by atoms with Gasteiger partial charge in [0.1, 0.15) is 0 Å². The molecule has 0 aliphatic carbocycles. The summed E-state index contributed by atoms with van der Waals surface area (Å²) in [5.74, 6) is 0.226. The van der Waals surface area contributed by atoms with Crippen LogP contribution in [-0.4, -0.2) is 55.3 Å². The Morgan fingerprint density at radius 3 is 2.83 bits per heavy atom. The van der Waals surface area contributed by atoms with E-state index < -0.39 is 0 Å². The van der Waals surface area contributed by atoms with Gasteiger partial charge in [0.05, 0.1) is 34.5 Å². The number of amides is 1. The molecule has 0 unspecified atom stereocenters. The van der Waals surface area contributed by atoms with Gasteiger partial charge in [0.25, 0.3) is 0 Å². The first-order valence-electron chi connectivity index (χ1n) is 8.49. The van der Waals surface area contributed by atoms with Crippen molar-refractivity contribution in [3.8, 4) is 0 Å². The molecular weight excluding hydrogens is 324 g/mol. The van der Waals surface area contributed by atoms with Crippen molar-refractivity contribution in [3.63, 3.8) is 0 Å². The Bertz CT molecular complexity index is 632. The van der Waals surface area contributed by atoms with E-state index >= 15 is 0 Å². The molecule has 1 aromatic heterocycles. The predicted octanol–water partition coefficient (Wildman–Crippen LogP) is 2.88. The highest BCUT2D eigenvalue weighted by atomic mass is 32.1. The molecule has 0 bridgehead atoms. The van der Waals surface area contributed by atoms with Crippen molar-refractivity contribution < 1.29 is 14.3 Å². The molecule has 24 heavy (non-hydrogen) atoms. The van der Waals surface area contributed by atoms with Gasteiger partial charge in [-0.25, -0.2) is 4.98 Å². The molecule has 2 aromatic rings. The molecule has 0 atom stereocenters. The van der Waals surface area contributed by atoms with Crippen LogP contribution in [0.1, 0.15) is 24.3 Å². The summed E-state index contributed by atoms with van der Waals surface area (Å²) in [5, 5.41) is 1.04. The smallest absolute Gasteiger partial charge is 0.222 e. The molecule has 1 saturated heterocycles. The number of likely N-dealkylation sites (tertiary alicyclic amines) is 1. The third-order valence-corrected chi connectivity index (χ3v) is 5.42. The number of benzene rings is 1. The number of carbonyl (C=O) groups excluding carboxylic acids is 1. The number of ether oxygens (including phenoxy) is 2. The fourth-order valence-corrected chi connectivity index (χ4v) is 3.94. The van der Waals surface area contributed by atoms with Gasteiger partial charge >= 0.3 is 0 Å². The molecular formula is C18H24N2O3S. The Labute approximate surface area is 146 Å². The van der Waals surface area contributed by atoms with Gasteiger partial charge < -0.3 is 14.4 Å². The molecule has 6 heteroatoms. The Balaban J connectivity index is 1.42. The van der Waals surface area contributed by atoms with E-state index in [2.05, 4.69) is 11.1 Å². The van der Waals surface area contributed by atoms with Crippen LogP contribution < -0.4 is 0 Å². The summed E-state index contributed by atoms with van der Waals surface area (Å²) in [6.07, 6.45) is 3.35.